The molecule has 2 unspecified atom stereocenters. The Morgan fingerprint density at radius 2 is 2.00 bits per heavy atom. The molecule has 88 valence electrons. The molecule has 0 aromatic heterocycles. The molecule has 0 nitrogen and oxygen atoms in total. The van der Waals surface area contributed by atoms with Gasteiger partial charge in [0.1, 0.15) is 0 Å². The van der Waals surface area contributed by atoms with E-state index in [1.54, 1.807) is 0 Å². The van der Waals surface area contributed by atoms with Crippen molar-refractivity contribution < 1.29 is 0 Å². The molecule has 0 amide bonds. The quantitative estimate of drug-likeness (QED) is 0.656. The summed E-state index contributed by atoms with van der Waals surface area (Å²) in [5, 5.41) is 0.422. The van der Waals surface area contributed by atoms with E-state index >= 15 is 0 Å². The number of aryl methyl sites for hydroxylation is 2. The summed E-state index contributed by atoms with van der Waals surface area (Å²) in [6.45, 7) is 4.37. The van der Waals surface area contributed by atoms with Crippen LogP contribution in [0.25, 0.3) is 0 Å². The zero-order chi connectivity index (χ0) is 11.5. The number of hydrogen-bond donors (Lipinski definition) is 0. The smallest absolute Gasteiger partial charge is 0.0338 e. The molecule has 1 fully saturated rings. The number of hydrogen-bond acceptors (Lipinski definition) is 0. The summed E-state index contributed by atoms with van der Waals surface area (Å²) in [7, 11) is 0. The van der Waals surface area contributed by atoms with Crippen molar-refractivity contribution in [2.24, 2.45) is 5.92 Å². The van der Waals surface area contributed by atoms with Crippen LogP contribution in [0.3, 0.4) is 0 Å². The molecule has 1 aromatic carbocycles. The summed E-state index contributed by atoms with van der Waals surface area (Å²) in [6, 6.07) is 6.86. The molecule has 0 N–H and O–H groups in total. The van der Waals surface area contributed by atoms with Crippen molar-refractivity contribution in [2.75, 3.05) is 0 Å². The van der Waals surface area contributed by atoms with Crippen molar-refractivity contribution >= 4 is 11.6 Å². The van der Waals surface area contributed by atoms with Gasteiger partial charge in [-0.1, -0.05) is 31.0 Å². The summed E-state index contributed by atoms with van der Waals surface area (Å²) in [4.78, 5) is 0. The van der Waals surface area contributed by atoms with Crippen molar-refractivity contribution in [2.45, 2.75) is 51.3 Å². The molecule has 1 aromatic rings. The zero-order valence-corrected chi connectivity index (χ0v) is 11.1. The average molecular weight is 237 g/mol. The molecule has 16 heavy (non-hydrogen) atoms. The van der Waals surface area contributed by atoms with Gasteiger partial charge in [0.2, 0.25) is 0 Å². The van der Waals surface area contributed by atoms with Crippen molar-refractivity contribution in [3.05, 3.63) is 34.9 Å². The Kier molecular flexibility index (Phi) is 3.91. The van der Waals surface area contributed by atoms with Gasteiger partial charge in [-0.05, 0) is 55.7 Å². The highest BCUT2D eigenvalue weighted by atomic mass is 35.5. The van der Waals surface area contributed by atoms with E-state index < -0.39 is 0 Å². The third-order valence-corrected chi connectivity index (χ3v) is 4.21. The fraction of sp³-hybridized carbons (Fsp3) is 0.600. The third kappa shape index (κ3) is 3.01. The molecular formula is C15H21Cl. The molecule has 0 bridgehead atoms. The lowest BCUT2D eigenvalue weighted by Gasteiger charge is -2.25. The minimum absolute atomic E-state index is 0.422. The molecule has 2 atom stereocenters. The van der Waals surface area contributed by atoms with E-state index in [4.69, 9.17) is 11.6 Å². The molecule has 1 aliphatic rings. The molecule has 0 saturated heterocycles. The minimum Gasteiger partial charge on any atom is -0.123 e. The van der Waals surface area contributed by atoms with Crippen molar-refractivity contribution in [1.82, 2.24) is 0 Å². The highest BCUT2D eigenvalue weighted by Gasteiger charge is 2.20. The normalized spacial score (nSPS) is 25.7. The van der Waals surface area contributed by atoms with Gasteiger partial charge >= 0.3 is 0 Å². The Bertz CT molecular complexity index is 356. The van der Waals surface area contributed by atoms with Crippen LogP contribution in [0.15, 0.2) is 18.2 Å². The van der Waals surface area contributed by atoms with Gasteiger partial charge in [-0.15, -0.1) is 11.6 Å². The largest absolute Gasteiger partial charge is 0.123 e. The van der Waals surface area contributed by atoms with Crippen molar-refractivity contribution in [3.8, 4) is 0 Å². The molecule has 0 aliphatic heterocycles. The van der Waals surface area contributed by atoms with E-state index in [0.29, 0.717) is 5.38 Å². The van der Waals surface area contributed by atoms with E-state index in [9.17, 15) is 0 Å². The Morgan fingerprint density at radius 1 is 1.19 bits per heavy atom. The first kappa shape index (κ1) is 12.0. The number of rotatable bonds is 2. The lowest BCUT2D eigenvalue weighted by Crippen LogP contribution is -2.17. The van der Waals surface area contributed by atoms with E-state index in [1.165, 1.54) is 48.8 Å². The monoisotopic (exact) mass is 236 g/mol. The molecule has 1 aliphatic carbocycles. The van der Waals surface area contributed by atoms with Crippen LogP contribution in [0.5, 0.6) is 0 Å². The van der Waals surface area contributed by atoms with Gasteiger partial charge in [0, 0.05) is 5.38 Å². The summed E-state index contributed by atoms with van der Waals surface area (Å²) in [6.07, 6.45) is 6.30. The Labute approximate surface area is 104 Å². The lowest BCUT2D eigenvalue weighted by atomic mass is 9.84. The van der Waals surface area contributed by atoms with Gasteiger partial charge in [0.15, 0.2) is 0 Å². The summed E-state index contributed by atoms with van der Waals surface area (Å²) in [5.74, 6) is 0.804. The second-order valence-electron chi connectivity index (χ2n) is 5.25. The standard InChI is InChI=1S/C15H21Cl/c1-11-6-7-14(8-12(11)2)9-13-4-3-5-15(16)10-13/h6-8,13,15H,3-5,9-10H2,1-2H3. The van der Waals surface area contributed by atoms with Gasteiger partial charge in [0.25, 0.3) is 0 Å². The van der Waals surface area contributed by atoms with Gasteiger partial charge < -0.3 is 0 Å². The van der Waals surface area contributed by atoms with E-state index in [-0.39, 0.29) is 0 Å². The first-order chi connectivity index (χ1) is 7.65. The van der Waals surface area contributed by atoms with E-state index in [2.05, 4.69) is 32.0 Å². The Hall–Kier alpha value is -0.490. The van der Waals surface area contributed by atoms with Crippen LogP contribution >= 0.6 is 11.6 Å². The predicted octanol–water partition coefficient (Wildman–Crippen LogP) is 4.64. The Balaban J connectivity index is 2.00. The third-order valence-electron chi connectivity index (χ3n) is 3.81. The molecule has 0 radical (unpaired) electrons. The molecular weight excluding hydrogens is 216 g/mol. The molecule has 0 spiro atoms. The topological polar surface area (TPSA) is 0 Å². The summed E-state index contributed by atoms with van der Waals surface area (Å²) < 4.78 is 0. The average Bonchev–Trinajstić information content (AvgIpc) is 2.24. The van der Waals surface area contributed by atoms with Crippen LogP contribution in [0.1, 0.15) is 42.4 Å². The fourth-order valence-corrected chi connectivity index (χ4v) is 3.08. The van der Waals surface area contributed by atoms with E-state index in [0.717, 1.165) is 5.92 Å². The van der Waals surface area contributed by atoms with Crippen LogP contribution in [0.2, 0.25) is 0 Å². The highest BCUT2D eigenvalue weighted by molar-refractivity contribution is 6.20. The highest BCUT2D eigenvalue weighted by Crippen LogP contribution is 2.30. The lowest BCUT2D eigenvalue weighted by molar-refractivity contribution is 0.361. The van der Waals surface area contributed by atoms with Gasteiger partial charge in [0.05, 0.1) is 0 Å². The number of benzene rings is 1. The SMILES string of the molecule is Cc1ccc(CC2CCCC(Cl)C2)cc1C. The van der Waals surface area contributed by atoms with Crippen LogP contribution < -0.4 is 0 Å². The maximum absolute atomic E-state index is 6.23. The summed E-state index contributed by atoms with van der Waals surface area (Å²) in [5.41, 5.74) is 4.29. The molecule has 1 saturated carbocycles. The molecule has 1 heteroatoms. The number of halogens is 1. The van der Waals surface area contributed by atoms with Gasteiger partial charge in [-0.25, -0.2) is 0 Å². The second-order valence-corrected chi connectivity index (χ2v) is 5.87. The first-order valence-corrected chi connectivity index (χ1v) is 6.79. The zero-order valence-electron chi connectivity index (χ0n) is 10.3. The van der Waals surface area contributed by atoms with Crippen LogP contribution in [0.4, 0.5) is 0 Å². The Morgan fingerprint density at radius 3 is 2.69 bits per heavy atom. The molecule has 2 rings (SSSR count). The fourth-order valence-electron chi connectivity index (χ4n) is 2.67. The predicted molar refractivity (Wildman–Crippen MR) is 71.2 cm³/mol. The number of alkyl halides is 1. The van der Waals surface area contributed by atoms with Crippen LogP contribution in [0, 0.1) is 19.8 Å². The van der Waals surface area contributed by atoms with Gasteiger partial charge in [-0.2, -0.15) is 0 Å². The van der Waals surface area contributed by atoms with Crippen molar-refractivity contribution in [3.63, 3.8) is 0 Å². The van der Waals surface area contributed by atoms with Crippen molar-refractivity contribution in [1.29, 1.82) is 0 Å². The molecule has 0 heterocycles. The maximum atomic E-state index is 6.23. The second kappa shape index (κ2) is 5.23. The first-order valence-electron chi connectivity index (χ1n) is 6.35. The van der Waals surface area contributed by atoms with E-state index in [1.807, 2.05) is 0 Å². The maximum Gasteiger partial charge on any atom is 0.0338 e. The van der Waals surface area contributed by atoms with Crippen LogP contribution in [-0.4, -0.2) is 5.38 Å². The minimum atomic E-state index is 0.422. The van der Waals surface area contributed by atoms with Gasteiger partial charge in [-0.3, -0.25) is 0 Å². The van der Waals surface area contributed by atoms with Crippen LogP contribution in [-0.2, 0) is 6.42 Å². The summed E-state index contributed by atoms with van der Waals surface area (Å²) >= 11 is 6.23.